The van der Waals surface area contributed by atoms with Crippen LogP contribution in [0.15, 0.2) is 53.4 Å². The van der Waals surface area contributed by atoms with Gasteiger partial charge in [-0.2, -0.15) is 9.29 Å². The largest absolute Gasteiger partial charge is 0.464 e. The second kappa shape index (κ2) is 13.0. The van der Waals surface area contributed by atoms with Crippen LogP contribution in [0.4, 0.5) is 17.3 Å². The smallest absolute Gasteiger partial charge is 0.260 e. The number of nitrogens with two attached hydrogens (primary N) is 1. The molecule has 0 radical (unpaired) electrons. The van der Waals surface area contributed by atoms with Gasteiger partial charge in [0.25, 0.3) is 5.91 Å². The zero-order valence-corrected chi connectivity index (χ0v) is 26.9. The fraction of sp³-hybridized carbons (Fsp3) is 0.367. The summed E-state index contributed by atoms with van der Waals surface area (Å²) in [7, 11) is -6.00. The van der Waals surface area contributed by atoms with Gasteiger partial charge in [-0.1, -0.05) is 24.0 Å². The average molecular weight is 654 g/mol. The first-order valence-corrected chi connectivity index (χ1v) is 17.6. The molecule has 0 aliphatic carbocycles. The quantitative estimate of drug-likeness (QED) is 0.351. The van der Waals surface area contributed by atoms with Crippen molar-refractivity contribution in [1.29, 1.82) is 0 Å². The van der Waals surface area contributed by atoms with Gasteiger partial charge in [-0.15, -0.1) is 0 Å². The number of benzene rings is 2. The highest BCUT2D eigenvalue weighted by Gasteiger charge is 2.33. The number of rotatable bonds is 8. The Balaban J connectivity index is 1.29. The fourth-order valence-electron chi connectivity index (χ4n) is 5.25. The lowest BCUT2D eigenvalue weighted by molar-refractivity contribution is 0.0990. The van der Waals surface area contributed by atoms with Crippen molar-refractivity contribution in [3.05, 3.63) is 65.4 Å². The molecule has 15 heteroatoms. The van der Waals surface area contributed by atoms with E-state index in [2.05, 4.69) is 21.8 Å². The highest BCUT2D eigenvalue weighted by Crippen LogP contribution is 2.34. The van der Waals surface area contributed by atoms with Crippen LogP contribution in [-0.2, 0) is 26.5 Å². The SMILES string of the molecule is Cc1cc(OCC#CCN)nc(N2CCN(S(=O)(=O)c3ccc4c(c3)CCN4C(=O)c3ccccc3N(C)S(C)(=O)=O)CC2)n1. The molecule has 2 aliphatic rings. The average Bonchev–Trinajstić information content (AvgIpc) is 3.45. The van der Waals surface area contributed by atoms with Crippen LogP contribution in [0.1, 0.15) is 21.6 Å². The van der Waals surface area contributed by atoms with Gasteiger partial charge in [0.15, 0.2) is 6.61 Å². The zero-order chi connectivity index (χ0) is 32.4. The third kappa shape index (κ3) is 6.89. The molecule has 2 aliphatic heterocycles. The maximum absolute atomic E-state index is 13.7. The van der Waals surface area contributed by atoms with Crippen molar-refractivity contribution in [1.82, 2.24) is 14.3 Å². The third-order valence-electron chi connectivity index (χ3n) is 7.66. The molecular weight excluding hydrogens is 619 g/mol. The number of ether oxygens (including phenoxy) is 1. The molecule has 1 fully saturated rings. The highest BCUT2D eigenvalue weighted by atomic mass is 32.2. The maximum Gasteiger partial charge on any atom is 0.260 e. The Bertz CT molecular complexity index is 1880. The number of nitrogens with zero attached hydrogens (tertiary/aromatic N) is 6. The molecule has 0 spiro atoms. The number of fused-ring (bicyclic) bond motifs is 1. The van der Waals surface area contributed by atoms with Crippen LogP contribution in [0.5, 0.6) is 5.88 Å². The van der Waals surface area contributed by atoms with Crippen LogP contribution < -0.4 is 24.6 Å². The molecule has 0 saturated carbocycles. The van der Waals surface area contributed by atoms with E-state index in [-0.39, 0.29) is 48.3 Å². The molecule has 0 bridgehead atoms. The van der Waals surface area contributed by atoms with Gasteiger partial charge in [0.05, 0.1) is 28.9 Å². The summed E-state index contributed by atoms with van der Waals surface area (Å²) in [6, 6.07) is 13.0. The van der Waals surface area contributed by atoms with E-state index < -0.39 is 20.0 Å². The van der Waals surface area contributed by atoms with Crippen molar-refractivity contribution in [2.75, 3.05) is 73.3 Å². The number of hydrogen-bond acceptors (Lipinski definition) is 10. The lowest BCUT2D eigenvalue weighted by Crippen LogP contribution is -2.49. The fourth-order valence-corrected chi connectivity index (χ4v) is 7.24. The van der Waals surface area contributed by atoms with E-state index >= 15 is 0 Å². The lowest BCUT2D eigenvalue weighted by atomic mass is 10.1. The van der Waals surface area contributed by atoms with Crippen molar-refractivity contribution in [3.63, 3.8) is 0 Å². The van der Waals surface area contributed by atoms with Crippen LogP contribution in [0, 0.1) is 18.8 Å². The van der Waals surface area contributed by atoms with Crippen molar-refractivity contribution in [2.45, 2.75) is 18.2 Å². The first kappa shape index (κ1) is 32.2. The molecule has 3 heterocycles. The van der Waals surface area contributed by atoms with Gasteiger partial charge in [-0.3, -0.25) is 9.10 Å². The van der Waals surface area contributed by atoms with Crippen molar-refractivity contribution >= 4 is 43.3 Å². The molecule has 2 N–H and O–H groups in total. The Morgan fingerprint density at radius 2 is 1.73 bits per heavy atom. The summed E-state index contributed by atoms with van der Waals surface area (Å²) < 4.78 is 59.8. The normalized spacial score (nSPS) is 15.3. The number of piperazine rings is 1. The predicted octanol–water partition coefficient (Wildman–Crippen LogP) is 1.24. The number of aromatic nitrogens is 2. The summed E-state index contributed by atoms with van der Waals surface area (Å²) in [6.07, 6.45) is 1.54. The topological polar surface area (TPSA) is 159 Å². The summed E-state index contributed by atoms with van der Waals surface area (Å²) in [5, 5.41) is 0. The Morgan fingerprint density at radius 3 is 2.44 bits per heavy atom. The summed E-state index contributed by atoms with van der Waals surface area (Å²) in [5.41, 5.74) is 7.94. The van der Waals surface area contributed by atoms with Crippen LogP contribution in [0.25, 0.3) is 0 Å². The molecule has 5 rings (SSSR count). The van der Waals surface area contributed by atoms with Gasteiger partial charge in [-0.05, 0) is 49.2 Å². The number of anilines is 3. The minimum absolute atomic E-state index is 0.152. The Kier molecular flexibility index (Phi) is 9.31. The number of carbonyl (C=O) groups excluding carboxylic acids is 1. The minimum Gasteiger partial charge on any atom is -0.464 e. The van der Waals surface area contributed by atoms with E-state index in [0.717, 1.165) is 16.1 Å². The summed E-state index contributed by atoms with van der Waals surface area (Å²) in [6.45, 7) is 3.84. The molecule has 45 heavy (non-hydrogen) atoms. The number of aryl methyl sites for hydroxylation is 1. The Labute approximate surface area is 263 Å². The van der Waals surface area contributed by atoms with Crippen molar-refractivity contribution in [3.8, 4) is 17.7 Å². The van der Waals surface area contributed by atoms with Crippen LogP contribution in [0.3, 0.4) is 0 Å². The molecule has 13 nitrogen and oxygen atoms in total. The number of amides is 1. The Hall–Kier alpha value is -4.23. The van der Waals surface area contributed by atoms with Crippen LogP contribution in [-0.4, -0.2) is 96.2 Å². The number of carbonyl (C=O) groups is 1. The van der Waals surface area contributed by atoms with Gasteiger partial charge >= 0.3 is 0 Å². The monoisotopic (exact) mass is 653 g/mol. The van der Waals surface area contributed by atoms with Crippen LogP contribution >= 0.6 is 0 Å². The lowest BCUT2D eigenvalue weighted by Gasteiger charge is -2.34. The zero-order valence-electron chi connectivity index (χ0n) is 25.3. The number of para-hydroxylation sites is 1. The summed E-state index contributed by atoms with van der Waals surface area (Å²) >= 11 is 0. The summed E-state index contributed by atoms with van der Waals surface area (Å²) in [5.74, 6) is 6.01. The molecule has 3 aromatic rings. The molecule has 1 saturated heterocycles. The van der Waals surface area contributed by atoms with E-state index in [4.69, 9.17) is 10.5 Å². The van der Waals surface area contributed by atoms with E-state index in [1.54, 1.807) is 47.4 Å². The molecule has 1 amide bonds. The maximum atomic E-state index is 13.7. The molecule has 0 unspecified atom stereocenters. The molecule has 1 aromatic heterocycles. The van der Waals surface area contributed by atoms with E-state index in [0.29, 0.717) is 49.3 Å². The Morgan fingerprint density at radius 1 is 1.00 bits per heavy atom. The molecule has 0 atom stereocenters. The van der Waals surface area contributed by atoms with Crippen molar-refractivity contribution < 1.29 is 26.4 Å². The standard InChI is InChI=1S/C30H35N7O6S2/c1-22-20-28(43-19-7-6-13-31)33-30(32-22)35-15-17-36(18-16-35)45(41,42)24-10-11-26-23(21-24)12-14-37(26)29(38)25-8-4-5-9-27(25)34(2)44(3,39)40/h4-5,8-11,20-21H,12-19,31H2,1-3H3. The van der Waals surface area contributed by atoms with E-state index in [1.165, 1.54) is 17.4 Å². The van der Waals surface area contributed by atoms with Gasteiger partial charge in [-0.25, -0.2) is 21.8 Å². The van der Waals surface area contributed by atoms with E-state index in [9.17, 15) is 21.6 Å². The van der Waals surface area contributed by atoms with Gasteiger partial charge in [0.1, 0.15) is 0 Å². The highest BCUT2D eigenvalue weighted by molar-refractivity contribution is 7.92. The minimum atomic E-state index is -3.81. The number of sulfonamides is 2. The molecule has 238 valence electrons. The predicted molar refractivity (Wildman–Crippen MR) is 172 cm³/mol. The molecular formula is C30H35N7O6S2. The third-order valence-corrected chi connectivity index (χ3v) is 10.7. The number of hydrogen-bond donors (Lipinski definition) is 1. The first-order valence-electron chi connectivity index (χ1n) is 14.3. The summed E-state index contributed by atoms with van der Waals surface area (Å²) in [4.78, 5) is 26.2. The van der Waals surface area contributed by atoms with Gasteiger partial charge < -0.3 is 20.3 Å². The van der Waals surface area contributed by atoms with E-state index in [1.807, 2.05) is 11.8 Å². The van der Waals surface area contributed by atoms with Gasteiger partial charge in [0, 0.05) is 57.2 Å². The van der Waals surface area contributed by atoms with Crippen molar-refractivity contribution in [2.24, 2.45) is 5.73 Å². The molecule has 2 aromatic carbocycles. The first-order chi connectivity index (χ1) is 21.4. The second-order valence-corrected chi connectivity index (χ2v) is 14.6. The van der Waals surface area contributed by atoms with Gasteiger partial charge in [0.2, 0.25) is 31.9 Å². The second-order valence-electron chi connectivity index (χ2n) is 10.6. The van der Waals surface area contributed by atoms with Crippen LogP contribution in [0.2, 0.25) is 0 Å².